The monoisotopic (exact) mass is 314 g/mol. The second-order valence-electron chi connectivity index (χ2n) is 6.59. The molecule has 2 aromatic rings. The number of aliphatic hydroxyl groups is 1. The lowest BCUT2D eigenvalue weighted by molar-refractivity contribution is -0.130. The molecule has 0 amide bonds. The zero-order valence-electron chi connectivity index (χ0n) is 13.9. The number of aromatic nitrogens is 2. The predicted molar refractivity (Wildman–Crippen MR) is 86.7 cm³/mol. The Kier molecular flexibility index (Phi) is 3.76. The first-order valence-corrected chi connectivity index (χ1v) is 7.75. The van der Waals surface area contributed by atoms with Crippen molar-refractivity contribution in [2.75, 3.05) is 7.11 Å². The van der Waals surface area contributed by atoms with Gasteiger partial charge in [-0.25, -0.2) is 0 Å². The number of hydrogen-bond donors (Lipinski definition) is 2. The number of rotatable bonds is 3. The average molecular weight is 314 g/mol. The highest BCUT2D eigenvalue weighted by molar-refractivity contribution is 5.82. The number of Topliss-reactive ketones (excluding diaryl/α,β-unsaturated/α-hetero) is 1. The number of benzene rings is 1. The summed E-state index contributed by atoms with van der Waals surface area (Å²) in [5, 5.41) is 18.3. The number of hydrogen-bond acceptors (Lipinski definition) is 4. The van der Waals surface area contributed by atoms with Crippen LogP contribution < -0.4 is 4.74 Å². The number of carbonyl (C=O) groups excluding carboxylic acids is 1. The van der Waals surface area contributed by atoms with Crippen molar-refractivity contribution in [2.45, 2.75) is 38.7 Å². The summed E-state index contributed by atoms with van der Waals surface area (Å²) in [4.78, 5) is 12.4. The molecule has 1 aliphatic carbocycles. The van der Waals surface area contributed by atoms with Gasteiger partial charge in [-0.05, 0) is 38.5 Å². The first-order valence-electron chi connectivity index (χ1n) is 7.75. The van der Waals surface area contributed by atoms with E-state index in [4.69, 9.17) is 4.74 Å². The number of aryl methyl sites for hydroxylation is 1. The normalized spacial score (nSPS) is 26.7. The van der Waals surface area contributed by atoms with Gasteiger partial charge in [0.05, 0.1) is 24.3 Å². The maximum absolute atomic E-state index is 12.4. The molecular formula is C18H22N2O3. The molecule has 0 fully saturated rings. The van der Waals surface area contributed by atoms with Crippen molar-refractivity contribution < 1.29 is 14.6 Å². The number of aromatic amines is 1. The third-order valence-corrected chi connectivity index (χ3v) is 4.80. The first-order chi connectivity index (χ1) is 10.8. The van der Waals surface area contributed by atoms with Gasteiger partial charge in [0.1, 0.15) is 11.5 Å². The maximum Gasteiger partial charge on any atom is 0.136 e. The molecule has 122 valence electrons. The number of carbonyl (C=O) groups is 1. The second-order valence-corrected chi connectivity index (χ2v) is 6.59. The van der Waals surface area contributed by atoms with Crippen LogP contribution in [0.1, 0.15) is 42.3 Å². The molecule has 1 heterocycles. The molecule has 1 aromatic carbocycles. The van der Waals surface area contributed by atoms with Gasteiger partial charge in [-0.2, -0.15) is 5.10 Å². The Hall–Kier alpha value is -2.14. The Morgan fingerprint density at radius 3 is 2.87 bits per heavy atom. The standard InChI is InChI=1S/C18H22N2O3/c1-10-15-14(20-19-10)9-18(3,22)17(11(2)21)16(15)12-6-5-7-13(8-12)23-4/h5-8,16-17,22H,9H2,1-4H3,(H,19,20)/t16-,17+,18+/m1/s1. The third kappa shape index (κ3) is 2.55. The van der Waals surface area contributed by atoms with E-state index < -0.39 is 11.5 Å². The molecule has 1 aromatic heterocycles. The molecule has 3 atom stereocenters. The molecule has 0 aliphatic heterocycles. The highest BCUT2D eigenvalue weighted by Gasteiger charge is 2.48. The Labute approximate surface area is 135 Å². The Morgan fingerprint density at radius 1 is 1.48 bits per heavy atom. The topological polar surface area (TPSA) is 75.2 Å². The smallest absolute Gasteiger partial charge is 0.136 e. The minimum Gasteiger partial charge on any atom is -0.497 e. The lowest BCUT2D eigenvalue weighted by Gasteiger charge is -2.41. The van der Waals surface area contributed by atoms with Crippen LogP contribution in [-0.2, 0) is 11.2 Å². The fourth-order valence-corrected chi connectivity index (χ4v) is 3.88. The van der Waals surface area contributed by atoms with E-state index in [1.165, 1.54) is 0 Å². The largest absolute Gasteiger partial charge is 0.497 e. The summed E-state index contributed by atoms with van der Waals surface area (Å²) in [6, 6.07) is 7.68. The molecule has 0 bridgehead atoms. The maximum atomic E-state index is 12.4. The van der Waals surface area contributed by atoms with Gasteiger partial charge in [-0.15, -0.1) is 0 Å². The number of nitrogens with one attached hydrogen (secondary N) is 1. The van der Waals surface area contributed by atoms with Crippen LogP contribution in [0.15, 0.2) is 24.3 Å². The molecule has 1 aliphatic rings. The van der Waals surface area contributed by atoms with Gasteiger partial charge in [0.25, 0.3) is 0 Å². The molecule has 5 heteroatoms. The zero-order chi connectivity index (χ0) is 16.8. The van der Waals surface area contributed by atoms with E-state index in [1.807, 2.05) is 31.2 Å². The van der Waals surface area contributed by atoms with Gasteiger partial charge >= 0.3 is 0 Å². The van der Waals surface area contributed by atoms with Crippen LogP contribution in [0.4, 0.5) is 0 Å². The van der Waals surface area contributed by atoms with Crippen molar-refractivity contribution in [3.8, 4) is 5.75 Å². The predicted octanol–water partition coefficient (Wildman–Crippen LogP) is 2.37. The van der Waals surface area contributed by atoms with Crippen LogP contribution in [0.3, 0.4) is 0 Å². The van der Waals surface area contributed by atoms with Crippen LogP contribution in [0.2, 0.25) is 0 Å². The summed E-state index contributed by atoms with van der Waals surface area (Å²) >= 11 is 0. The summed E-state index contributed by atoms with van der Waals surface area (Å²) in [7, 11) is 1.62. The summed E-state index contributed by atoms with van der Waals surface area (Å²) in [5.74, 6) is -0.0368. The van der Waals surface area contributed by atoms with Gasteiger partial charge in [0.15, 0.2) is 0 Å². The van der Waals surface area contributed by atoms with Crippen LogP contribution >= 0.6 is 0 Å². The lowest BCUT2D eigenvalue weighted by Crippen LogP contribution is -2.48. The minimum absolute atomic E-state index is 0.0194. The first kappa shape index (κ1) is 15.7. The Morgan fingerprint density at radius 2 is 2.22 bits per heavy atom. The van der Waals surface area contributed by atoms with Gasteiger partial charge in [-0.3, -0.25) is 9.89 Å². The van der Waals surface area contributed by atoms with Crippen LogP contribution in [0.25, 0.3) is 0 Å². The number of nitrogens with zero attached hydrogens (tertiary/aromatic N) is 1. The van der Waals surface area contributed by atoms with Gasteiger partial charge in [0.2, 0.25) is 0 Å². The van der Waals surface area contributed by atoms with Crippen molar-refractivity contribution in [2.24, 2.45) is 5.92 Å². The fraction of sp³-hybridized carbons (Fsp3) is 0.444. The molecule has 0 spiro atoms. The Balaban J connectivity index is 2.23. The van der Waals surface area contributed by atoms with Gasteiger partial charge in [0, 0.05) is 23.6 Å². The number of H-pyrrole nitrogens is 1. The molecule has 5 nitrogen and oxygen atoms in total. The number of ether oxygens (including phenoxy) is 1. The van der Waals surface area contributed by atoms with Crippen molar-refractivity contribution in [3.05, 3.63) is 46.8 Å². The van der Waals surface area contributed by atoms with Crippen molar-refractivity contribution in [1.82, 2.24) is 10.2 Å². The van der Waals surface area contributed by atoms with Gasteiger partial charge < -0.3 is 9.84 Å². The second kappa shape index (κ2) is 5.49. The van der Waals surface area contributed by atoms with Crippen molar-refractivity contribution >= 4 is 5.78 Å². The van der Waals surface area contributed by atoms with Crippen LogP contribution in [0, 0.1) is 12.8 Å². The van der Waals surface area contributed by atoms with E-state index in [-0.39, 0.29) is 11.7 Å². The molecule has 0 radical (unpaired) electrons. The summed E-state index contributed by atoms with van der Waals surface area (Å²) < 4.78 is 5.32. The van der Waals surface area contributed by atoms with E-state index in [0.29, 0.717) is 6.42 Å². The average Bonchev–Trinajstić information content (AvgIpc) is 2.85. The van der Waals surface area contributed by atoms with Crippen LogP contribution in [-0.4, -0.2) is 33.8 Å². The summed E-state index contributed by atoms with van der Waals surface area (Å²) in [6.07, 6.45) is 0.372. The molecule has 0 unspecified atom stereocenters. The van der Waals surface area contributed by atoms with Crippen molar-refractivity contribution in [1.29, 1.82) is 0 Å². The van der Waals surface area contributed by atoms with E-state index in [2.05, 4.69) is 10.2 Å². The minimum atomic E-state index is -1.13. The van der Waals surface area contributed by atoms with Crippen LogP contribution in [0.5, 0.6) is 5.75 Å². The molecule has 0 saturated carbocycles. The van der Waals surface area contributed by atoms with E-state index in [1.54, 1.807) is 21.0 Å². The summed E-state index contributed by atoms with van der Waals surface area (Å²) in [5.41, 5.74) is 2.61. The molecule has 0 saturated heterocycles. The van der Waals surface area contributed by atoms with Crippen molar-refractivity contribution in [3.63, 3.8) is 0 Å². The summed E-state index contributed by atoms with van der Waals surface area (Å²) in [6.45, 7) is 5.22. The SMILES string of the molecule is COc1cccc([C@@H]2c3c(n[nH]c3C)C[C@](C)(O)[C@H]2C(C)=O)c1. The molecular weight excluding hydrogens is 292 g/mol. The van der Waals surface area contributed by atoms with E-state index in [0.717, 1.165) is 28.3 Å². The quantitative estimate of drug-likeness (QED) is 0.912. The fourth-order valence-electron chi connectivity index (χ4n) is 3.88. The highest BCUT2D eigenvalue weighted by atomic mass is 16.5. The molecule has 23 heavy (non-hydrogen) atoms. The third-order valence-electron chi connectivity index (χ3n) is 4.80. The lowest BCUT2D eigenvalue weighted by atomic mass is 9.64. The number of methoxy groups -OCH3 is 1. The Bertz CT molecular complexity index is 748. The number of ketones is 1. The van der Waals surface area contributed by atoms with E-state index >= 15 is 0 Å². The number of fused-ring (bicyclic) bond motifs is 1. The zero-order valence-corrected chi connectivity index (χ0v) is 13.9. The highest BCUT2D eigenvalue weighted by Crippen LogP contribution is 2.47. The van der Waals surface area contributed by atoms with Gasteiger partial charge in [-0.1, -0.05) is 12.1 Å². The van der Waals surface area contributed by atoms with E-state index in [9.17, 15) is 9.90 Å². The molecule has 3 rings (SSSR count). The molecule has 2 N–H and O–H groups in total.